The van der Waals surface area contributed by atoms with Crippen LogP contribution in [0.2, 0.25) is 0 Å². The van der Waals surface area contributed by atoms with Gasteiger partial charge in [0.1, 0.15) is 5.69 Å². The zero-order valence-corrected chi connectivity index (χ0v) is 7.26. The lowest BCUT2D eigenvalue weighted by Crippen LogP contribution is -2.05. The van der Waals surface area contributed by atoms with Crippen molar-refractivity contribution in [1.82, 2.24) is 10.2 Å². The molecule has 80 valence electrons. The number of alkyl halides is 3. The summed E-state index contributed by atoms with van der Waals surface area (Å²) in [5.41, 5.74) is -1.84. The van der Waals surface area contributed by atoms with Crippen LogP contribution in [-0.2, 0) is 10.7 Å². The predicted octanol–water partition coefficient (Wildman–Crippen LogP) is 0.350. The second kappa shape index (κ2) is 4.89. The average molecular weight is 233 g/mol. The normalized spacial score (nSPS) is 10.4. The van der Waals surface area contributed by atoms with Crippen molar-refractivity contribution in [2.75, 3.05) is 0 Å². The number of aromatic nitrogens is 2. The molecule has 0 unspecified atom stereocenters. The smallest absolute Gasteiger partial charge is 0.294 e. The van der Waals surface area contributed by atoms with E-state index in [1.165, 1.54) is 0 Å². The Morgan fingerprint density at radius 2 is 1.71 bits per heavy atom. The fourth-order valence-corrected chi connectivity index (χ4v) is 0.485. The van der Waals surface area contributed by atoms with Crippen molar-refractivity contribution in [3.05, 3.63) is 22.1 Å². The van der Waals surface area contributed by atoms with Crippen LogP contribution in [0, 0.1) is 0 Å². The highest BCUT2D eigenvalue weighted by Crippen LogP contribution is 2.25. The lowest BCUT2D eigenvalue weighted by Gasteiger charge is -1.99. The van der Waals surface area contributed by atoms with Crippen LogP contribution in [0.15, 0.2) is 10.9 Å². The predicted molar refractivity (Wildman–Crippen MR) is 38.5 cm³/mol. The fraction of sp³-hybridized carbons (Fsp3) is 0.250. The number of halogens is 3. The van der Waals surface area contributed by atoms with E-state index in [-0.39, 0.29) is 0 Å². The van der Waals surface area contributed by atoms with Gasteiger partial charge in [0.05, 0.1) is 0 Å². The summed E-state index contributed by atoms with van der Waals surface area (Å²) in [5.74, 6) is 0. The topological polar surface area (TPSA) is 106 Å². The highest BCUT2D eigenvalue weighted by molar-refractivity contribution is 7.30. The second-order valence-corrected chi connectivity index (χ2v) is 2.43. The molecule has 0 bridgehead atoms. The van der Waals surface area contributed by atoms with Crippen LogP contribution in [0.1, 0.15) is 5.69 Å². The fourth-order valence-electron chi connectivity index (χ4n) is 0.485. The van der Waals surface area contributed by atoms with E-state index in [0.717, 1.165) is 0 Å². The highest BCUT2D eigenvalue weighted by Gasteiger charge is 2.32. The maximum Gasteiger partial charge on any atom is 0.692 e. The summed E-state index contributed by atoms with van der Waals surface area (Å²) in [6, 6.07) is 0.458. The third-order valence-electron chi connectivity index (χ3n) is 0.901. The zero-order valence-electron chi connectivity index (χ0n) is 6.37. The molecule has 1 aromatic heterocycles. The molecule has 1 rings (SSSR count). The van der Waals surface area contributed by atoms with Crippen molar-refractivity contribution in [3.63, 3.8) is 0 Å². The second-order valence-electron chi connectivity index (χ2n) is 1.92. The molecule has 1 aromatic rings. The van der Waals surface area contributed by atoms with E-state index < -0.39 is 25.7 Å². The minimum atomic E-state index is -4.47. The number of rotatable bonds is 0. The SMILES string of the molecule is O=[P+](O)O.O=c1cc(C(F)(F)F)[nH][nH]1. The van der Waals surface area contributed by atoms with Crippen LogP contribution in [0.3, 0.4) is 0 Å². The molecule has 0 spiro atoms. The summed E-state index contributed by atoms with van der Waals surface area (Å²) >= 11 is 0. The summed E-state index contributed by atoms with van der Waals surface area (Å²) in [5, 5.41) is 3.46. The molecule has 1 heterocycles. The van der Waals surface area contributed by atoms with Gasteiger partial charge in [-0.15, -0.1) is 9.79 Å². The van der Waals surface area contributed by atoms with Crippen molar-refractivity contribution < 1.29 is 27.5 Å². The Bertz CT molecular complexity index is 352. The molecule has 0 saturated heterocycles. The van der Waals surface area contributed by atoms with Crippen LogP contribution in [0.4, 0.5) is 13.2 Å². The van der Waals surface area contributed by atoms with E-state index in [2.05, 4.69) is 0 Å². The maximum atomic E-state index is 11.6. The zero-order chi connectivity index (χ0) is 11.4. The largest absolute Gasteiger partial charge is 0.692 e. The van der Waals surface area contributed by atoms with Gasteiger partial charge in [-0.1, -0.05) is 0 Å². The molecule has 10 heteroatoms. The van der Waals surface area contributed by atoms with Crippen molar-refractivity contribution in [1.29, 1.82) is 0 Å². The van der Waals surface area contributed by atoms with Crippen LogP contribution >= 0.6 is 8.25 Å². The van der Waals surface area contributed by atoms with Gasteiger partial charge in [0.15, 0.2) is 0 Å². The Kier molecular flexibility index (Phi) is 4.48. The van der Waals surface area contributed by atoms with E-state index in [4.69, 9.17) is 14.4 Å². The molecule has 0 amide bonds. The van der Waals surface area contributed by atoms with Gasteiger partial charge in [0.2, 0.25) is 0 Å². The molecule has 14 heavy (non-hydrogen) atoms. The Morgan fingerprint density at radius 1 is 1.29 bits per heavy atom. The summed E-state index contributed by atoms with van der Waals surface area (Å²) in [6.45, 7) is 0. The lowest BCUT2D eigenvalue weighted by atomic mass is 10.4. The monoisotopic (exact) mass is 233 g/mol. The first-order valence-electron chi connectivity index (χ1n) is 2.93. The first kappa shape index (κ1) is 12.8. The van der Waals surface area contributed by atoms with Crippen LogP contribution in [0.25, 0.3) is 0 Å². The molecular weight excluding hydrogens is 228 g/mol. The maximum absolute atomic E-state index is 11.6. The summed E-state index contributed by atoms with van der Waals surface area (Å²) in [4.78, 5) is 24.4. The van der Waals surface area contributed by atoms with E-state index in [0.29, 0.717) is 6.07 Å². The third kappa shape index (κ3) is 5.46. The molecule has 0 fully saturated rings. The minimum absolute atomic E-state index is 0.458. The van der Waals surface area contributed by atoms with E-state index in [1.807, 2.05) is 0 Å². The van der Waals surface area contributed by atoms with Crippen molar-refractivity contribution >= 4 is 8.25 Å². The van der Waals surface area contributed by atoms with Gasteiger partial charge in [-0.05, 0) is 0 Å². The standard InChI is InChI=1S/C4H3F3N2O.HO3P/c5-4(6,7)2-1-3(10)9-8-2;1-4(2)3/h1H,(H2,8,9,10);(H-,1,2,3)/p+1. The molecule has 0 saturated carbocycles. The third-order valence-corrected chi connectivity index (χ3v) is 0.901. The number of aromatic amines is 2. The van der Waals surface area contributed by atoms with Gasteiger partial charge < -0.3 is 0 Å². The van der Waals surface area contributed by atoms with E-state index in [1.54, 1.807) is 10.2 Å². The Hall–Kier alpha value is -1.18. The molecule has 0 aliphatic heterocycles. The van der Waals surface area contributed by atoms with E-state index in [9.17, 15) is 18.0 Å². The highest BCUT2D eigenvalue weighted by atomic mass is 31.1. The first-order chi connectivity index (χ1) is 6.23. The molecule has 0 atom stereocenters. The van der Waals surface area contributed by atoms with Crippen LogP contribution < -0.4 is 5.56 Å². The number of hydrogen-bond donors (Lipinski definition) is 4. The van der Waals surface area contributed by atoms with E-state index >= 15 is 0 Å². The van der Waals surface area contributed by atoms with Gasteiger partial charge in [-0.25, -0.2) is 0 Å². The van der Waals surface area contributed by atoms with Crippen LogP contribution in [-0.4, -0.2) is 20.0 Å². The summed E-state index contributed by atoms with van der Waals surface area (Å²) in [7, 11) is -2.87. The van der Waals surface area contributed by atoms with Gasteiger partial charge in [0, 0.05) is 10.6 Å². The van der Waals surface area contributed by atoms with Crippen LogP contribution in [0.5, 0.6) is 0 Å². The number of H-pyrrole nitrogens is 2. The Balaban J connectivity index is 0.000000364. The van der Waals surface area contributed by atoms with Gasteiger partial charge >= 0.3 is 14.4 Å². The summed E-state index contributed by atoms with van der Waals surface area (Å²) < 4.78 is 43.5. The summed E-state index contributed by atoms with van der Waals surface area (Å²) in [6.07, 6.45) is -4.47. The number of nitrogens with one attached hydrogen (secondary N) is 2. The minimum Gasteiger partial charge on any atom is -0.294 e. The quantitative estimate of drug-likeness (QED) is 0.485. The molecule has 0 radical (unpaired) electrons. The molecular formula is C4H5F3N2O4P+. The van der Waals surface area contributed by atoms with Crippen molar-refractivity contribution in [3.8, 4) is 0 Å². The molecule has 6 nitrogen and oxygen atoms in total. The van der Waals surface area contributed by atoms with Gasteiger partial charge in [-0.3, -0.25) is 15.0 Å². The van der Waals surface area contributed by atoms with Crippen molar-refractivity contribution in [2.45, 2.75) is 6.18 Å². The first-order valence-corrected chi connectivity index (χ1v) is 4.10. The number of hydrogen-bond acceptors (Lipinski definition) is 2. The average Bonchev–Trinajstić information content (AvgIpc) is 2.32. The lowest BCUT2D eigenvalue weighted by molar-refractivity contribution is -0.141. The Morgan fingerprint density at radius 3 is 1.86 bits per heavy atom. The Labute approximate surface area is 75.3 Å². The van der Waals surface area contributed by atoms with Gasteiger partial charge in [-0.2, -0.15) is 13.2 Å². The molecule has 0 aliphatic carbocycles. The van der Waals surface area contributed by atoms with Crippen molar-refractivity contribution in [2.24, 2.45) is 0 Å². The van der Waals surface area contributed by atoms with Gasteiger partial charge in [0.25, 0.3) is 5.56 Å². The molecule has 0 aliphatic rings. The molecule has 4 N–H and O–H groups in total. The molecule has 0 aromatic carbocycles.